The number of allylic oxidation sites excluding steroid dienone is 1. The lowest BCUT2D eigenvalue weighted by molar-refractivity contribution is -0.120. The molecule has 2 aromatic rings. The minimum Gasteiger partial charge on any atom is -0.373 e. The number of halogens is 1. The number of benzene rings is 1. The number of aliphatic hydroxyl groups is 1. The summed E-state index contributed by atoms with van der Waals surface area (Å²) in [5.41, 5.74) is 5.34. The molecule has 1 amide bonds. The highest BCUT2D eigenvalue weighted by Crippen LogP contribution is 2.33. The lowest BCUT2D eigenvalue weighted by Crippen LogP contribution is -2.19. The molecule has 124 valence electrons. The fraction of sp³-hybridized carbons (Fsp3) is 0.250. The third-order valence-electron chi connectivity index (χ3n) is 3.54. The molecular formula is C16H15FN4O2S. The number of fused-ring (bicyclic) bond motifs is 1. The highest BCUT2D eigenvalue weighted by Gasteiger charge is 2.18. The van der Waals surface area contributed by atoms with Gasteiger partial charge in [0.1, 0.15) is 10.8 Å². The Morgan fingerprint density at radius 2 is 2.12 bits per heavy atom. The highest BCUT2D eigenvalue weighted by molar-refractivity contribution is 7.12. The van der Waals surface area contributed by atoms with Crippen molar-refractivity contribution in [1.82, 2.24) is 10.4 Å². The van der Waals surface area contributed by atoms with Crippen LogP contribution in [0.15, 0.2) is 34.6 Å². The van der Waals surface area contributed by atoms with Crippen molar-refractivity contribution >= 4 is 28.9 Å². The van der Waals surface area contributed by atoms with E-state index < -0.39 is 6.73 Å². The van der Waals surface area contributed by atoms with E-state index in [-0.39, 0.29) is 18.1 Å². The first-order valence-electron chi connectivity index (χ1n) is 7.37. The number of aryl methyl sites for hydroxylation is 1. The minimum absolute atomic E-state index is 0.113. The molecule has 0 spiro atoms. The zero-order valence-corrected chi connectivity index (χ0v) is 13.5. The molecule has 1 aliphatic carbocycles. The van der Waals surface area contributed by atoms with Crippen LogP contribution in [-0.2, 0) is 17.6 Å². The van der Waals surface area contributed by atoms with E-state index in [9.17, 15) is 9.18 Å². The number of aromatic nitrogens is 1. The topological polar surface area (TPSA) is 86.9 Å². The number of aliphatic hydroxyl groups excluding tert-OH is 1. The van der Waals surface area contributed by atoms with E-state index in [2.05, 4.69) is 26.8 Å². The van der Waals surface area contributed by atoms with Gasteiger partial charge < -0.3 is 5.11 Å². The number of thiazole rings is 1. The third-order valence-corrected chi connectivity index (χ3v) is 4.59. The van der Waals surface area contributed by atoms with Crippen LogP contribution in [0.3, 0.4) is 0 Å². The largest absolute Gasteiger partial charge is 0.373 e. The Bertz CT molecular complexity index is 799. The maximum absolute atomic E-state index is 13.0. The van der Waals surface area contributed by atoms with E-state index in [4.69, 9.17) is 5.11 Å². The van der Waals surface area contributed by atoms with Crippen molar-refractivity contribution in [3.8, 4) is 0 Å². The van der Waals surface area contributed by atoms with E-state index in [0.29, 0.717) is 5.01 Å². The van der Waals surface area contributed by atoms with Crippen LogP contribution in [0.5, 0.6) is 0 Å². The quantitative estimate of drug-likeness (QED) is 0.645. The average molecular weight is 346 g/mol. The summed E-state index contributed by atoms with van der Waals surface area (Å²) in [6, 6.07) is 6.45. The lowest BCUT2D eigenvalue weighted by atomic mass is 9.95. The molecule has 0 saturated heterocycles. The number of carbonyl (C=O) groups excluding carboxylic acids is 1. The van der Waals surface area contributed by atoms with Crippen LogP contribution in [-0.4, -0.2) is 22.7 Å². The molecule has 0 fully saturated rings. The summed E-state index contributed by atoms with van der Waals surface area (Å²) in [4.78, 5) is 17.2. The SMILES string of the molecule is O=C(Cc1nc2c(s1)C=C(c1ccc(F)cc1)CC2)NN=NCO. The monoisotopic (exact) mass is 346 g/mol. The number of rotatable bonds is 5. The van der Waals surface area contributed by atoms with E-state index in [1.807, 2.05) is 0 Å². The smallest absolute Gasteiger partial charge is 0.248 e. The van der Waals surface area contributed by atoms with Crippen LogP contribution in [0.25, 0.3) is 11.6 Å². The molecular weight excluding hydrogens is 331 g/mol. The van der Waals surface area contributed by atoms with Crippen LogP contribution in [0.2, 0.25) is 0 Å². The summed E-state index contributed by atoms with van der Waals surface area (Å²) >= 11 is 1.46. The Balaban J connectivity index is 1.73. The third kappa shape index (κ3) is 3.90. The lowest BCUT2D eigenvalue weighted by Gasteiger charge is -2.12. The first kappa shape index (κ1) is 16.4. The number of amides is 1. The van der Waals surface area contributed by atoms with Gasteiger partial charge in [-0.15, -0.1) is 16.5 Å². The van der Waals surface area contributed by atoms with Crippen molar-refractivity contribution in [2.24, 2.45) is 10.3 Å². The molecule has 0 saturated carbocycles. The average Bonchev–Trinajstić information content (AvgIpc) is 2.97. The van der Waals surface area contributed by atoms with Gasteiger partial charge in [-0.3, -0.25) is 4.79 Å². The number of nitrogens with zero attached hydrogens (tertiary/aromatic N) is 3. The number of hydrogen-bond acceptors (Lipinski definition) is 6. The Kier molecular flexibility index (Phi) is 5.07. The minimum atomic E-state index is -0.469. The molecule has 24 heavy (non-hydrogen) atoms. The number of carbonyl (C=O) groups is 1. The van der Waals surface area contributed by atoms with Crippen LogP contribution in [0.1, 0.15) is 27.6 Å². The zero-order chi connectivity index (χ0) is 16.9. The second kappa shape index (κ2) is 7.41. The van der Waals surface area contributed by atoms with Gasteiger partial charge in [-0.1, -0.05) is 17.4 Å². The molecule has 3 rings (SSSR count). The molecule has 8 heteroatoms. The molecule has 0 unspecified atom stereocenters. The summed E-state index contributed by atoms with van der Waals surface area (Å²) in [6.07, 6.45) is 3.79. The van der Waals surface area contributed by atoms with Gasteiger partial charge in [0, 0.05) is 0 Å². The van der Waals surface area contributed by atoms with Crippen LogP contribution < -0.4 is 5.43 Å². The van der Waals surface area contributed by atoms with Gasteiger partial charge in [0.2, 0.25) is 5.91 Å². The van der Waals surface area contributed by atoms with Gasteiger partial charge in [0.25, 0.3) is 0 Å². The predicted molar refractivity (Wildman–Crippen MR) is 88.5 cm³/mol. The molecule has 1 aromatic heterocycles. The zero-order valence-electron chi connectivity index (χ0n) is 12.7. The summed E-state index contributed by atoms with van der Waals surface area (Å²) in [7, 11) is 0. The Hall–Kier alpha value is -2.45. The number of hydrogen-bond donors (Lipinski definition) is 2. The molecule has 1 aromatic carbocycles. The standard InChI is InChI=1S/C16H15FN4O2S/c17-12-4-1-10(2-5-12)11-3-6-13-14(7-11)24-16(19-13)8-15(23)20-21-18-9-22/h1-2,4-5,7,22H,3,6,8-9H2,(H,18,20,23). The first-order chi connectivity index (χ1) is 11.7. The van der Waals surface area contributed by atoms with Crippen molar-refractivity contribution < 1.29 is 14.3 Å². The molecule has 1 heterocycles. The van der Waals surface area contributed by atoms with Crippen molar-refractivity contribution in [2.45, 2.75) is 19.3 Å². The Morgan fingerprint density at radius 1 is 1.33 bits per heavy atom. The number of nitrogens with one attached hydrogen (secondary N) is 1. The summed E-state index contributed by atoms with van der Waals surface area (Å²) < 4.78 is 13.0. The van der Waals surface area contributed by atoms with E-state index in [0.717, 1.165) is 34.5 Å². The van der Waals surface area contributed by atoms with Crippen molar-refractivity contribution in [3.63, 3.8) is 0 Å². The Labute approximate surface area is 141 Å². The molecule has 6 nitrogen and oxygen atoms in total. The van der Waals surface area contributed by atoms with Gasteiger partial charge in [0.15, 0.2) is 6.73 Å². The molecule has 2 N–H and O–H groups in total. The molecule has 0 radical (unpaired) electrons. The normalized spacial score (nSPS) is 13.7. The fourth-order valence-electron chi connectivity index (χ4n) is 2.46. The fourth-order valence-corrected chi connectivity index (χ4v) is 3.54. The van der Waals surface area contributed by atoms with Crippen molar-refractivity contribution in [1.29, 1.82) is 0 Å². The van der Waals surface area contributed by atoms with Gasteiger partial charge in [-0.2, -0.15) is 0 Å². The molecule has 1 aliphatic rings. The van der Waals surface area contributed by atoms with Gasteiger partial charge in [-0.05, 0) is 42.2 Å². The van der Waals surface area contributed by atoms with Crippen molar-refractivity contribution in [2.75, 3.05) is 6.73 Å². The highest BCUT2D eigenvalue weighted by atomic mass is 32.1. The van der Waals surface area contributed by atoms with E-state index >= 15 is 0 Å². The van der Waals surface area contributed by atoms with Gasteiger partial charge in [-0.25, -0.2) is 14.8 Å². The summed E-state index contributed by atoms with van der Waals surface area (Å²) in [6.45, 7) is -0.469. The van der Waals surface area contributed by atoms with Gasteiger partial charge >= 0.3 is 0 Å². The van der Waals surface area contributed by atoms with Crippen LogP contribution >= 0.6 is 11.3 Å². The van der Waals surface area contributed by atoms with Gasteiger partial charge in [0.05, 0.1) is 17.0 Å². The van der Waals surface area contributed by atoms with E-state index in [1.165, 1.54) is 23.5 Å². The maximum Gasteiger partial charge on any atom is 0.248 e. The first-order valence-corrected chi connectivity index (χ1v) is 8.18. The van der Waals surface area contributed by atoms with Crippen molar-refractivity contribution in [3.05, 3.63) is 51.2 Å². The molecule has 0 atom stereocenters. The second-order valence-corrected chi connectivity index (χ2v) is 6.30. The molecule has 0 bridgehead atoms. The Morgan fingerprint density at radius 3 is 2.88 bits per heavy atom. The molecule has 0 aliphatic heterocycles. The summed E-state index contributed by atoms with van der Waals surface area (Å²) in [5, 5.41) is 15.8. The maximum atomic E-state index is 13.0. The summed E-state index contributed by atoms with van der Waals surface area (Å²) in [5.74, 6) is -0.582. The predicted octanol–water partition coefficient (Wildman–Crippen LogP) is 2.74. The van der Waals surface area contributed by atoms with Crippen LogP contribution in [0.4, 0.5) is 4.39 Å². The van der Waals surface area contributed by atoms with E-state index in [1.54, 1.807) is 12.1 Å². The van der Waals surface area contributed by atoms with Crippen LogP contribution in [0, 0.1) is 5.82 Å². The second-order valence-electron chi connectivity index (χ2n) is 5.19.